The molecule has 170 valence electrons. The fourth-order valence-corrected chi connectivity index (χ4v) is 1.64. The van der Waals surface area contributed by atoms with Crippen molar-refractivity contribution >= 4 is 0 Å². The molecule has 0 aromatic heterocycles. The van der Waals surface area contributed by atoms with Crippen molar-refractivity contribution in [3.63, 3.8) is 0 Å². The minimum Gasteiger partial charge on any atom is -0.0683 e. The molecule has 1 unspecified atom stereocenters. The van der Waals surface area contributed by atoms with Gasteiger partial charge in [0.2, 0.25) is 0 Å². The summed E-state index contributed by atoms with van der Waals surface area (Å²) in [6, 6.07) is 0. The van der Waals surface area contributed by atoms with Crippen LogP contribution < -0.4 is 0 Å². The molecule has 0 aliphatic rings. The first-order chi connectivity index (χ1) is 12.3. The minimum atomic E-state index is 0.880. The van der Waals surface area contributed by atoms with Crippen molar-refractivity contribution in [2.45, 2.75) is 150 Å². The summed E-state index contributed by atoms with van der Waals surface area (Å²) in [5.74, 6) is 3.58. The summed E-state index contributed by atoms with van der Waals surface area (Å²) in [5.41, 5.74) is 0. The highest BCUT2D eigenvalue weighted by Gasteiger charge is 2.00. The fraction of sp³-hybridized carbons (Fsp3) is 1.00. The smallest absolute Gasteiger partial charge is 0.0443 e. The second-order valence-electron chi connectivity index (χ2n) is 6.51. The van der Waals surface area contributed by atoms with Gasteiger partial charge in [-0.15, -0.1) is 0 Å². The quantitative estimate of drug-likeness (QED) is 0.431. The number of hydrogen-bond acceptors (Lipinski definition) is 0. The van der Waals surface area contributed by atoms with Gasteiger partial charge in [0.05, 0.1) is 0 Å². The lowest BCUT2D eigenvalue weighted by atomic mass is 9.97. The topological polar surface area (TPSA) is 0 Å². The van der Waals surface area contributed by atoms with E-state index in [1.165, 1.54) is 25.7 Å². The van der Waals surface area contributed by atoms with Gasteiger partial charge < -0.3 is 0 Å². The Balaban J connectivity index is -0.0000000375. The van der Waals surface area contributed by atoms with E-state index < -0.39 is 0 Å². The lowest BCUT2D eigenvalue weighted by molar-refractivity contribution is 0.429. The van der Waals surface area contributed by atoms with Crippen LogP contribution in [-0.4, -0.2) is 0 Å². The molecule has 0 saturated heterocycles. The van der Waals surface area contributed by atoms with Gasteiger partial charge in [0.1, 0.15) is 0 Å². The molecule has 26 heavy (non-hydrogen) atoms. The van der Waals surface area contributed by atoms with Crippen LogP contribution >= 0.6 is 0 Å². The summed E-state index contributed by atoms with van der Waals surface area (Å²) < 4.78 is 0. The molecule has 0 saturated carbocycles. The van der Waals surface area contributed by atoms with Crippen molar-refractivity contribution in [3.8, 4) is 0 Å². The maximum absolute atomic E-state index is 2.32. The zero-order valence-corrected chi connectivity index (χ0v) is 23.1. The molecule has 0 aromatic rings. The summed E-state index contributed by atoms with van der Waals surface area (Å²) in [5, 5.41) is 0. The van der Waals surface area contributed by atoms with E-state index in [1.54, 1.807) is 0 Å². The van der Waals surface area contributed by atoms with E-state index in [9.17, 15) is 0 Å². The molecule has 0 heterocycles. The third-order valence-electron chi connectivity index (χ3n) is 2.89. The predicted octanol–water partition coefficient (Wildman–Crippen LogP) is 11.3. The highest BCUT2D eigenvalue weighted by molar-refractivity contribution is 4.52. The molecule has 0 heteroatoms. The van der Waals surface area contributed by atoms with Crippen LogP contribution in [0.2, 0.25) is 0 Å². The van der Waals surface area contributed by atoms with Gasteiger partial charge in [-0.05, 0) is 30.1 Å². The van der Waals surface area contributed by atoms with Gasteiger partial charge in [-0.1, -0.05) is 144 Å². The van der Waals surface area contributed by atoms with E-state index in [1.807, 2.05) is 69.2 Å². The van der Waals surface area contributed by atoms with Gasteiger partial charge in [-0.25, -0.2) is 0 Å². The van der Waals surface area contributed by atoms with Crippen molar-refractivity contribution in [3.05, 3.63) is 0 Å². The Hall–Kier alpha value is 0. The van der Waals surface area contributed by atoms with E-state index in [0.29, 0.717) is 0 Å². The first-order valence-corrected chi connectivity index (χ1v) is 12.3. The average Bonchev–Trinajstić information content (AvgIpc) is 2.68. The average molecular weight is 379 g/mol. The first-order valence-electron chi connectivity index (χ1n) is 12.3. The third kappa shape index (κ3) is 105. The highest BCUT2D eigenvalue weighted by atomic mass is 14.1. The van der Waals surface area contributed by atoms with Crippen LogP contribution in [0.1, 0.15) is 150 Å². The Labute approximate surface area is 174 Å². The Morgan fingerprint density at radius 1 is 0.423 bits per heavy atom. The zero-order valence-electron chi connectivity index (χ0n) is 23.1. The Morgan fingerprint density at radius 2 is 0.654 bits per heavy atom. The van der Waals surface area contributed by atoms with Gasteiger partial charge in [0, 0.05) is 0 Å². The van der Waals surface area contributed by atoms with Crippen LogP contribution in [0.4, 0.5) is 0 Å². The van der Waals surface area contributed by atoms with Crippen LogP contribution in [0.5, 0.6) is 0 Å². The van der Waals surface area contributed by atoms with Crippen molar-refractivity contribution in [2.24, 2.45) is 23.7 Å². The molecule has 0 N–H and O–H groups in total. The van der Waals surface area contributed by atoms with Crippen LogP contribution in [0.25, 0.3) is 0 Å². The Bertz CT molecular complexity index is 114. The molecular weight excluding hydrogens is 312 g/mol. The van der Waals surface area contributed by atoms with Gasteiger partial charge in [0.15, 0.2) is 0 Å². The van der Waals surface area contributed by atoms with Crippen LogP contribution in [0.3, 0.4) is 0 Å². The Morgan fingerprint density at radius 3 is 0.731 bits per heavy atom. The first kappa shape index (κ1) is 45.0. The van der Waals surface area contributed by atoms with Crippen LogP contribution in [-0.2, 0) is 0 Å². The standard InChI is InChI=1S/2C8H18.5C2H6/c1-7(2)5-6-8(3)4;1-5-8(4)6-7(2)3;5*1-2/h2*7-8H,5-6H2,1-4H3;5*1-2H3. The second kappa shape index (κ2) is 56.2. The van der Waals surface area contributed by atoms with Gasteiger partial charge in [0.25, 0.3) is 0 Å². The van der Waals surface area contributed by atoms with Crippen LogP contribution in [0, 0.1) is 23.7 Å². The van der Waals surface area contributed by atoms with Crippen molar-refractivity contribution in [1.82, 2.24) is 0 Å². The van der Waals surface area contributed by atoms with Crippen molar-refractivity contribution < 1.29 is 0 Å². The molecule has 0 spiro atoms. The molecule has 0 aliphatic heterocycles. The van der Waals surface area contributed by atoms with E-state index in [2.05, 4.69) is 55.4 Å². The SMILES string of the molecule is CC.CC.CC.CC.CC.CC(C)CCC(C)C.CCC(C)CC(C)C. The highest BCUT2D eigenvalue weighted by Crippen LogP contribution is 2.13. The predicted molar refractivity (Wildman–Crippen MR) is 135 cm³/mol. The second-order valence-corrected chi connectivity index (χ2v) is 6.51. The zero-order chi connectivity index (χ0) is 23.1. The summed E-state index contributed by atoms with van der Waals surface area (Å²) in [7, 11) is 0. The largest absolute Gasteiger partial charge is 0.0683 e. The van der Waals surface area contributed by atoms with Crippen molar-refractivity contribution in [1.29, 1.82) is 0 Å². The van der Waals surface area contributed by atoms with Gasteiger partial charge in [-0.3, -0.25) is 0 Å². The number of rotatable bonds is 6. The molecule has 0 aliphatic carbocycles. The van der Waals surface area contributed by atoms with E-state index >= 15 is 0 Å². The lowest BCUT2D eigenvalue weighted by Crippen LogP contribution is -1.97. The molecule has 0 rings (SSSR count). The van der Waals surface area contributed by atoms with E-state index in [4.69, 9.17) is 0 Å². The molecule has 0 nitrogen and oxygen atoms in total. The Kier molecular flexibility index (Phi) is 97.4. The molecule has 0 radical (unpaired) electrons. The van der Waals surface area contributed by atoms with E-state index in [-0.39, 0.29) is 0 Å². The monoisotopic (exact) mass is 379 g/mol. The molecule has 1 atom stereocenters. The lowest BCUT2D eigenvalue weighted by Gasteiger charge is -2.09. The third-order valence-corrected chi connectivity index (χ3v) is 2.89. The number of hydrogen-bond donors (Lipinski definition) is 0. The minimum absolute atomic E-state index is 0.880. The van der Waals surface area contributed by atoms with Crippen LogP contribution in [0.15, 0.2) is 0 Å². The fourth-order valence-electron chi connectivity index (χ4n) is 1.64. The molecule has 0 bridgehead atoms. The summed E-state index contributed by atoms with van der Waals surface area (Å²) in [4.78, 5) is 0. The molecule has 0 aromatic carbocycles. The summed E-state index contributed by atoms with van der Waals surface area (Å²) in [6.45, 7) is 38.3. The van der Waals surface area contributed by atoms with Gasteiger partial charge in [-0.2, -0.15) is 0 Å². The summed E-state index contributed by atoms with van der Waals surface area (Å²) in [6.07, 6.45) is 5.49. The molecule has 0 fully saturated rings. The van der Waals surface area contributed by atoms with E-state index in [0.717, 1.165) is 23.7 Å². The summed E-state index contributed by atoms with van der Waals surface area (Å²) >= 11 is 0. The molecular formula is C26H66. The maximum Gasteiger partial charge on any atom is -0.0443 e. The maximum atomic E-state index is 2.32. The normalized spacial score (nSPS) is 9.12. The van der Waals surface area contributed by atoms with Gasteiger partial charge >= 0.3 is 0 Å². The van der Waals surface area contributed by atoms with Crippen molar-refractivity contribution in [2.75, 3.05) is 0 Å². The molecule has 0 amide bonds.